The number of para-hydroxylation sites is 1. The summed E-state index contributed by atoms with van der Waals surface area (Å²) in [5, 5.41) is 11.6. The summed E-state index contributed by atoms with van der Waals surface area (Å²) in [6.45, 7) is 0.0592. The first-order valence-corrected chi connectivity index (χ1v) is 6.86. The van der Waals surface area contributed by atoms with Crippen LogP contribution in [-0.4, -0.2) is 9.91 Å². The number of nitrogens with zero attached hydrogens (tertiary/aromatic N) is 2. The maximum absolute atomic E-state index is 13.2. The van der Waals surface area contributed by atoms with Crippen molar-refractivity contribution in [3.8, 4) is 5.75 Å². The average Bonchev–Trinajstić information content (AvgIpc) is 2.87. The normalized spacial score (nSPS) is 10.7. The fourth-order valence-electron chi connectivity index (χ4n) is 1.88. The van der Waals surface area contributed by atoms with E-state index in [0.717, 1.165) is 28.4 Å². The summed E-state index contributed by atoms with van der Waals surface area (Å²) >= 11 is 1.44. The third kappa shape index (κ3) is 2.82. The van der Waals surface area contributed by atoms with E-state index in [-0.39, 0.29) is 18.0 Å². The summed E-state index contributed by atoms with van der Waals surface area (Å²) in [5.74, 6) is -0.681. The molecule has 5 nitrogen and oxygen atoms in total. The molecule has 106 valence electrons. The number of benzene rings is 2. The predicted molar refractivity (Wildman–Crippen MR) is 77.0 cm³/mol. The highest BCUT2D eigenvalue weighted by Gasteiger charge is 2.16. The van der Waals surface area contributed by atoms with Gasteiger partial charge in [-0.05, 0) is 18.2 Å². The minimum atomic E-state index is -0.604. The van der Waals surface area contributed by atoms with Gasteiger partial charge in [-0.15, -0.1) is 11.3 Å². The average molecular weight is 304 g/mol. The monoisotopic (exact) mass is 304 g/mol. The van der Waals surface area contributed by atoms with Crippen LogP contribution in [0, 0.1) is 15.9 Å². The van der Waals surface area contributed by atoms with Gasteiger partial charge in [0, 0.05) is 12.1 Å². The van der Waals surface area contributed by atoms with E-state index >= 15 is 0 Å². The van der Waals surface area contributed by atoms with Gasteiger partial charge in [0.15, 0.2) is 5.75 Å². The second kappa shape index (κ2) is 5.45. The maximum atomic E-state index is 13.2. The van der Waals surface area contributed by atoms with E-state index in [4.69, 9.17) is 4.74 Å². The van der Waals surface area contributed by atoms with Crippen LogP contribution < -0.4 is 4.74 Å². The molecule has 0 aliphatic rings. The minimum Gasteiger partial charge on any atom is -0.479 e. The number of rotatable bonds is 4. The Morgan fingerprint density at radius 1 is 1.29 bits per heavy atom. The molecule has 0 bridgehead atoms. The van der Waals surface area contributed by atoms with Crippen LogP contribution in [0.3, 0.4) is 0 Å². The Morgan fingerprint density at radius 3 is 2.86 bits per heavy atom. The Balaban J connectivity index is 1.84. The van der Waals surface area contributed by atoms with Crippen molar-refractivity contribution in [1.82, 2.24) is 4.98 Å². The molecule has 0 saturated carbocycles. The van der Waals surface area contributed by atoms with Crippen molar-refractivity contribution in [2.45, 2.75) is 6.61 Å². The van der Waals surface area contributed by atoms with Crippen LogP contribution >= 0.6 is 11.3 Å². The van der Waals surface area contributed by atoms with Crippen molar-refractivity contribution < 1.29 is 14.1 Å². The molecule has 0 atom stereocenters. The first kappa shape index (κ1) is 13.4. The minimum absolute atomic E-state index is 0.0592. The van der Waals surface area contributed by atoms with Crippen LogP contribution in [0.15, 0.2) is 42.5 Å². The molecule has 1 aromatic heterocycles. The van der Waals surface area contributed by atoms with Crippen molar-refractivity contribution in [3.63, 3.8) is 0 Å². The number of ether oxygens (including phenoxy) is 1. The molecule has 0 aliphatic heterocycles. The summed E-state index contributed by atoms with van der Waals surface area (Å²) in [6, 6.07) is 10.7. The van der Waals surface area contributed by atoms with Crippen molar-refractivity contribution >= 4 is 27.2 Å². The van der Waals surface area contributed by atoms with Crippen molar-refractivity contribution in [2.75, 3.05) is 0 Å². The zero-order chi connectivity index (χ0) is 14.8. The van der Waals surface area contributed by atoms with Gasteiger partial charge in [0.05, 0.1) is 15.1 Å². The topological polar surface area (TPSA) is 65.3 Å². The highest BCUT2D eigenvalue weighted by Crippen LogP contribution is 2.29. The lowest BCUT2D eigenvalue weighted by Gasteiger charge is -2.04. The molecule has 3 aromatic rings. The molecule has 0 fully saturated rings. The lowest BCUT2D eigenvalue weighted by molar-refractivity contribution is -0.386. The quantitative estimate of drug-likeness (QED) is 0.541. The Morgan fingerprint density at radius 2 is 2.10 bits per heavy atom. The molecule has 0 N–H and O–H groups in total. The molecular formula is C14H9FN2O3S. The fourth-order valence-corrected chi connectivity index (χ4v) is 2.76. The number of hydrogen-bond donors (Lipinski definition) is 0. The Bertz CT molecular complexity index is 786. The van der Waals surface area contributed by atoms with Crippen LogP contribution in [0.5, 0.6) is 5.75 Å². The van der Waals surface area contributed by atoms with Gasteiger partial charge in [0.25, 0.3) is 0 Å². The number of halogens is 1. The summed E-state index contributed by atoms with van der Waals surface area (Å²) in [7, 11) is 0. The summed E-state index contributed by atoms with van der Waals surface area (Å²) in [5.41, 5.74) is 0.576. The van der Waals surface area contributed by atoms with Crippen LogP contribution in [0.25, 0.3) is 10.2 Å². The van der Waals surface area contributed by atoms with E-state index < -0.39 is 10.7 Å². The lowest BCUT2D eigenvalue weighted by Crippen LogP contribution is -1.99. The second-order valence-corrected chi connectivity index (χ2v) is 5.35. The van der Waals surface area contributed by atoms with E-state index in [1.165, 1.54) is 11.3 Å². The lowest BCUT2D eigenvalue weighted by atomic mass is 10.3. The highest BCUT2D eigenvalue weighted by molar-refractivity contribution is 7.18. The van der Waals surface area contributed by atoms with Gasteiger partial charge in [-0.3, -0.25) is 10.1 Å². The van der Waals surface area contributed by atoms with E-state index in [0.29, 0.717) is 5.01 Å². The Labute approximate surface area is 122 Å². The molecule has 21 heavy (non-hydrogen) atoms. The van der Waals surface area contributed by atoms with E-state index in [9.17, 15) is 14.5 Å². The maximum Gasteiger partial charge on any atom is 0.311 e. The largest absolute Gasteiger partial charge is 0.479 e. The molecule has 0 aliphatic carbocycles. The molecule has 0 spiro atoms. The van der Waals surface area contributed by atoms with Crippen LogP contribution in [0.1, 0.15) is 5.01 Å². The molecule has 0 unspecified atom stereocenters. The Hall–Kier alpha value is -2.54. The highest BCUT2D eigenvalue weighted by atomic mass is 32.1. The van der Waals surface area contributed by atoms with E-state index in [2.05, 4.69) is 4.98 Å². The van der Waals surface area contributed by atoms with Gasteiger partial charge in [-0.2, -0.15) is 0 Å². The number of hydrogen-bond acceptors (Lipinski definition) is 5. The third-order valence-electron chi connectivity index (χ3n) is 2.81. The number of thiazole rings is 1. The molecule has 0 radical (unpaired) electrons. The first-order chi connectivity index (χ1) is 10.1. The van der Waals surface area contributed by atoms with Crippen LogP contribution in [-0.2, 0) is 6.61 Å². The summed E-state index contributed by atoms with van der Waals surface area (Å²) < 4.78 is 19.6. The van der Waals surface area contributed by atoms with Crippen LogP contribution in [0.4, 0.5) is 10.1 Å². The van der Waals surface area contributed by atoms with Crippen molar-refractivity contribution in [1.29, 1.82) is 0 Å². The fraction of sp³-hybridized carbons (Fsp3) is 0.0714. The second-order valence-electron chi connectivity index (χ2n) is 4.23. The number of nitro groups is 1. The van der Waals surface area contributed by atoms with Crippen molar-refractivity contribution in [2.24, 2.45) is 0 Å². The standard InChI is InChI=1S/C14H9FN2O3S/c15-9-5-6-11(17(18)19)12(7-9)20-8-14-16-10-3-1-2-4-13(10)21-14/h1-7H,8H2. The first-order valence-electron chi connectivity index (χ1n) is 6.04. The number of aromatic nitrogens is 1. The van der Waals surface area contributed by atoms with Gasteiger partial charge in [0.1, 0.15) is 17.4 Å². The molecule has 3 rings (SSSR count). The predicted octanol–water partition coefficient (Wildman–Crippen LogP) is 3.92. The van der Waals surface area contributed by atoms with Crippen LogP contribution in [0.2, 0.25) is 0 Å². The zero-order valence-corrected chi connectivity index (χ0v) is 11.5. The van der Waals surface area contributed by atoms with Gasteiger partial charge < -0.3 is 4.74 Å². The zero-order valence-electron chi connectivity index (χ0n) is 10.7. The number of fused-ring (bicyclic) bond motifs is 1. The van der Waals surface area contributed by atoms with Gasteiger partial charge in [0.2, 0.25) is 0 Å². The molecule has 7 heteroatoms. The van der Waals surface area contributed by atoms with Gasteiger partial charge in [-0.25, -0.2) is 9.37 Å². The summed E-state index contributed by atoms with van der Waals surface area (Å²) in [4.78, 5) is 14.6. The third-order valence-corrected chi connectivity index (χ3v) is 3.82. The smallest absolute Gasteiger partial charge is 0.311 e. The Kier molecular flexibility index (Phi) is 3.49. The molecule has 1 heterocycles. The SMILES string of the molecule is O=[N+]([O-])c1ccc(F)cc1OCc1nc2ccccc2s1. The van der Waals surface area contributed by atoms with Gasteiger partial charge >= 0.3 is 5.69 Å². The van der Waals surface area contributed by atoms with E-state index in [1.54, 1.807) is 0 Å². The molecule has 0 saturated heterocycles. The van der Waals surface area contributed by atoms with Gasteiger partial charge in [-0.1, -0.05) is 12.1 Å². The summed E-state index contributed by atoms with van der Waals surface area (Å²) in [6.07, 6.45) is 0. The van der Waals surface area contributed by atoms with Crippen molar-refractivity contribution in [3.05, 3.63) is 63.4 Å². The molecular weight excluding hydrogens is 295 g/mol. The number of nitro benzene ring substituents is 1. The van der Waals surface area contributed by atoms with E-state index in [1.807, 2.05) is 24.3 Å². The molecule has 0 amide bonds. The molecule has 2 aromatic carbocycles.